The maximum Gasteiger partial charge on any atom is 0.317 e. The number of halogens is 1. The van der Waals surface area contributed by atoms with Gasteiger partial charge in [0.2, 0.25) is 5.91 Å². The Morgan fingerprint density at radius 1 is 1.15 bits per heavy atom. The van der Waals surface area contributed by atoms with Crippen LogP contribution in [0.25, 0.3) is 0 Å². The van der Waals surface area contributed by atoms with E-state index >= 15 is 0 Å². The minimum Gasteiger partial charge on any atom is -0.399 e. The Balaban J connectivity index is 0.00000261. The zero-order valence-corrected chi connectivity index (χ0v) is 16.1. The average Bonchev–Trinajstić information content (AvgIpc) is 2.64. The smallest absolute Gasteiger partial charge is 0.317 e. The van der Waals surface area contributed by atoms with Crippen molar-refractivity contribution in [2.45, 2.75) is 26.3 Å². The Labute approximate surface area is 165 Å². The standard InChI is InChI=1S/C20H24N4O2.ClH/c1-14-6-7-17(21)12-18(14)23-19(25)8-10-22-20(26)24-11-9-15-4-2-3-5-16(15)13-24;/h2-7,12H,8-11,13,21H2,1H3,(H,22,26)(H,23,25);1H. The number of amides is 3. The van der Waals surface area contributed by atoms with Gasteiger partial charge in [-0.25, -0.2) is 4.79 Å². The molecular formula is C20H25ClN4O2. The van der Waals surface area contributed by atoms with Crippen LogP contribution < -0.4 is 16.4 Å². The lowest BCUT2D eigenvalue weighted by Gasteiger charge is -2.28. The molecule has 2 aromatic carbocycles. The zero-order chi connectivity index (χ0) is 18.5. The van der Waals surface area contributed by atoms with E-state index in [9.17, 15) is 9.59 Å². The number of carbonyl (C=O) groups excluding carboxylic acids is 2. The van der Waals surface area contributed by atoms with Gasteiger partial charge in [-0.2, -0.15) is 0 Å². The van der Waals surface area contributed by atoms with Crippen LogP contribution >= 0.6 is 12.4 Å². The second-order valence-corrected chi connectivity index (χ2v) is 6.54. The van der Waals surface area contributed by atoms with Crippen LogP contribution in [-0.4, -0.2) is 29.9 Å². The number of urea groups is 1. The molecule has 3 rings (SSSR count). The average molecular weight is 389 g/mol. The Kier molecular flexibility index (Phi) is 7.07. The summed E-state index contributed by atoms with van der Waals surface area (Å²) in [6, 6.07) is 13.4. The first-order chi connectivity index (χ1) is 12.5. The van der Waals surface area contributed by atoms with Crippen molar-refractivity contribution in [1.82, 2.24) is 10.2 Å². The van der Waals surface area contributed by atoms with Gasteiger partial charge in [0.05, 0.1) is 0 Å². The molecule has 0 saturated carbocycles. The Hall–Kier alpha value is -2.73. The third-order valence-corrected chi connectivity index (χ3v) is 4.58. The van der Waals surface area contributed by atoms with Gasteiger partial charge >= 0.3 is 6.03 Å². The maximum absolute atomic E-state index is 12.3. The highest BCUT2D eigenvalue weighted by Crippen LogP contribution is 2.19. The second-order valence-electron chi connectivity index (χ2n) is 6.54. The predicted octanol–water partition coefficient (Wildman–Crippen LogP) is 3.10. The van der Waals surface area contributed by atoms with Gasteiger partial charge in [-0.05, 0) is 42.2 Å². The molecule has 3 amide bonds. The third kappa shape index (κ3) is 5.37. The lowest BCUT2D eigenvalue weighted by atomic mass is 10.0. The van der Waals surface area contributed by atoms with Crippen LogP contribution in [0.4, 0.5) is 16.2 Å². The molecule has 27 heavy (non-hydrogen) atoms. The van der Waals surface area contributed by atoms with Gasteiger partial charge in [0.25, 0.3) is 0 Å². The topological polar surface area (TPSA) is 87.5 Å². The zero-order valence-electron chi connectivity index (χ0n) is 15.3. The van der Waals surface area contributed by atoms with Crippen LogP contribution in [0.15, 0.2) is 42.5 Å². The van der Waals surface area contributed by atoms with E-state index < -0.39 is 0 Å². The van der Waals surface area contributed by atoms with E-state index in [0.29, 0.717) is 31.0 Å². The maximum atomic E-state index is 12.3. The van der Waals surface area contributed by atoms with Gasteiger partial charge in [0, 0.05) is 37.4 Å². The first-order valence-corrected chi connectivity index (χ1v) is 8.78. The number of anilines is 2. The summed E-state index contributed by atoms with van der Waals surface area (Å²) in [6.45, 7) is 3.50. The van der Waals surface area contributed by atoms with E-state index in [4.69, 9.17) is 5.73 Å². The number of aryl methyl sites for hydroxylation is 1. The van der Waals surface area contributed by atoms with Gasteiger partial charge in [0.15, 0.2) is 0 Å². The van der Waals surface area contributed by atoms with Crippen molar-refractivity contribution in [2.75, 3.05) is 24.1 Å². The molecule has 0 saturated heterocycles. The molecule has 0 spiro atoms. The molecule has 0 aliphatic carbocycles. The summed E-state index contributed by atoms with van der Waals surface area (Å²) in [5, 5.41) is 5.66. The number of hydrogen-bond acceptors (Lipinski definition) is 3. The molecule has 0 fully saturated rings. The first kappa shape index (κ1) is 20.6. The number of benzene rings is 2. The molecule has 0 bridgehead atoms. The van der Waals surface area contributed by atoms with Gasteiger partial charge < -0.3 is 21.3 Å². The lowest BCUT2D eigenvalue weighted by Crippen LogP contribution is -2.43. The highest BCUT2D eigenvalue weighted by Gasteiger charge is 2.20. The number of carbonyl (C=O) groups is 2. The number of nitrogen functional groups attached to an aromatic ring is 1. The molecule has 2 aromatic rings. The van der Waals surface area contributed by atoms with Crippen molar-refractivity contribution in [1.29, 1.82) is 0 Å². The Morgan fingerprint density at radius 2 is 1.89 bits per heavy atom. The van der Waals surface area contributed by atoms with E-state index in [1.807, 2.05) is 25.1 Å². The van der Waals surface area contributed by atoms with Crippen LogP contribution in [0.1, 0.15) is 23.1 Å². The normalized spacial score (nSPS) is 12.6. The molecule has 1 heterocycles. The van der Waals surface area contributed by atoms with E-state index in [1.54, 1.807) is 17.0 Å². The number of nitrogens with zero attached hydrogens (tertiary/aromatic N) is 1. The van der Waals surface area contributed by atoms with E-state index in [0.717, 1.165) is 12.0 Å². The Morgan fingerprint density at radius 3 is 2.67 bits per heavy atom. The molecular weight excluding hydrogens is 364 g/mol. The predicted molar refractivity (Wildman–Crippen MR) is 110 cm³/mol. The molecule has 1 aliphatic heterocycles. The van der Waals surface area contributed by atoms with Crippen LogP contribution in [0.2, 0.25) is 0 Å². The quantitative estimate of drug-likeness (QED) is 0.703. The van der Waals surface area contributed by atoms with Crippen molar-refractivity contribution in [2.24, 2.45) is 0 Å². The summed E-state index contributed by atoms with van der Waals surface area (Å²) in [5.74, 6) is -0.150. The SMILES string of the molecule is Cc1ccc(N)cc1NC(=O)CCNC(=O)N1CCc2ccccc2C1.Cl. The molecule has 0 atom stereocenters. The number of fused-ring (bicyclic) bond motifs is 1. The minimum absolute atomic E-state index is 0. The molecule has 0 radical (unpaired) electrons. The summed E-state index contributed by atoms with van der Waals surface area (Å²) in [5.41, 5.74) is 10.5. The molecule has 4 N–H and O–H groups in total. The summed E-state index contributed by atoms with van der Waals surface area (Å²) >= 11 is 0. The van der Waals surface area contributed by atoms with Crippen LogP contribution in [-0.2, 0) is 17.8 Å². The van der Waals surface area contributed by atoms with Gasteiger partial charge in [-0.1, -0.05) is 30.3 Å². The number of rotatable bonds is 4. The monoisotopic (exact) mass is 388 g/mol. The largest absolute Gasteiger partial charge is 0.399 e. The van der Waals surface area contributed by atoms with E-state index in [-0.39, 0.29) is 30.8 Å². The van der Waals surface area contributed by atoms with Gasteiger partial charge in [0.1, 0.15) is 0 Å². The van der Waals surface area contributed by atoms with Crippen molar-refractivity contribution in [3.05, 3.63) is 59.2 Å². The molecule has 144 valence electrons. The van der Waals surface area contributed by atoms with Crippen LogP contribution in [0.3, 0.4) is 0 Å². The fraction of sp³-hybridized carbons (Fsp3) is 0.300. The van der Waals surface area contributed by atoms with Crippen molar-refractivity contribution < 1.29 is 9.59 Å². The highest BCUT2D eigenvalue weighted by atomic mass is 35.5. The molecule has 0 unspecified atom stereocenters. The summed E-state index contributed by atoms with van der Waals surface area (Å²) in [4.78, 5) is 26.2. The first-order valence-electron chi connectivity index (χ1n) is 8.78. The third-order valence-electron chi connectivity index (χ3n) is 4.58. The lowest BCUT2D eigenvalue weighted by molar-refractivity contribution is -0.116. The van der Waals surface area contributed by atoms with Crippen LogP contribution in [0.5, 0.6) is 0 Å². The molecule has 1 aliphatic rings. The summed E-state index contributed by atoms with van der Waals surface area (Å²) in [7, 11) is 0. The number of nitrogens with one attached hydrogen (secondary N) is 2. The summed E-state index contributed by atoms with van der Waals surface area (Å²) < 4.78 is 0. The fourth-order valence-electron chi connectivity index (χ4n) is 3.05. The highest BCUT2D eigenvalue weighted by molar-refractivity contribution is 5.92. The number of hydrogen-bond donors (Lipinski definition) is 3. The fourth-order valence-corrected chi connectivity index (χ4v) is 3.05. The number of nitrogens with two attached hydrogens (primary N) is 1. The Bertz CT molecular complexity index is 825. The molecule has 7 heteroatoms. The van der Waals surface area contributed by atoms with Crippen molar-refractivity contribution in [3.8, 4) is 0 Å². The van der Waals surface area contributed by atoms with Crippen molar-refractivity contribution in [3.63, 3.8) is 0 Å². The van der Waals surface area contributed by atoms with Crippen molar-refractivity contribution >= 4 is 35.7 Å². The second kappa shape index (κ2) is 9.28. The molecule has 6 nitrogen and oxygen atoms in total. The van der Waals surface area contributed by atoms with Gasteiger partial charge in [-0.3, -0.25) is 4.79 Å². The summed E-state index contributed by atoms with van der Waals surface area (Å²) in [6.07, 6.45) is 1.07. The molecule has 0 aromatic heterocycles. The van der Waals surface area contributed by atoms with E-state index in [1.165, 1.54) is 11.1 Å². The van der Waals surface area contributed by atoms with Gasteiger partial charge in [-0.15, -0.1) is 12.4 Å². The van der Waals surface area contributed by atoms with Crippen LogP contribution in [0, 0.1) is 6.92 Å². The van der Waals surface area contributed by atoms with E-state index in [2.05, 4.69) is 22.8 Å². The minimum atomic E-state index is -0.150.